The Labute approximate surface area is 59.6 Å². The normalized spacial score (nSPS) is 14.1. The lowest BCUT2D eigenvalue weighted by Crippen LogP contribution is -2.23. The highest BCUT2D eigenvalue weighted by molar-refractivity contribution is 4.54. The molecule has 1 unspecified atom stereocenters. The third-order valence-electron chi connectivity index (χ3n) is 1.29. The van der Waals surface area contributed by atoms with Gasteiger partial charge >= 0.3 is 6.61 Å². The minimum absolute atomic E-state index is 0.111. The number of rotatable bonds is 5. The third-order valence-corrected chi connectivity index (χ3v) is 1.29. The zero-order chi connectivity index (χ0) is 7.98. The molecular formula is C6H13F2NO. The van der Waals surface area contributed by atoms with Crippen LogP contribution in [0.15, 0.2) is 0 Å². The van der Waals surface area contributed by atoms with E-state index in [-0.39, 0.29) is 12.6 Å². The van der Waals surface area contributed by atoms with E-state index < -0.39 is 6.61 Å². The lowest BCUT2D eigenvalue weighted by molar-refractivity contribution is -0.130. The molecule has 0 aliphatic heterocycles. The fourth-order valence-electron chi connectivity index (χ4n) is 0.478. The van der Waals surface area contributed by atoms with Gasteiger partial charge in [0.05, 0.1) is 6.61 Å². The van der Waals surface area contributed by atoms with Gasteiger partial charge in [0.25, 0.3) is 0 Å². The largest absolute Gasteiger partial charge is 0.345 e. The van der Waals surface area contributed by atoms with Crippen LogP contribution in [0.2, 0.25) is 0 Å². The van der Waals surface area contributed by atoms with Crippen LogP contribution in [-0.4, -0.2) is 26.3 Å². The molecule has 0 bridgehead atoms. The predicted molar refractivity (Wildman–Crippen MR) is 35.1 cm³/mol. The van der Waals surface area contributed by atoms with Crippen LogP contribution < -0.4 is 5.32 Å². The summed E-state index contributed by atoms with van der Waals surface area (Å²) >= 11 is 0. The molecule has 1 atom stereocenters. The van der Waals surface area contributed by atoms with Crippen LogP contribution in [-0.2, 0) is 4.74 Å². The highest BCUT2D eigenvalue weighted by Gasteiger charge is 2.02. The summed E-state index contributed by atoms with van der Waals surface area (Å²) in [5.41, 5.74) is 0. The molecule has 0 spiro atoms. The van der Waals surface area contributed by atoms with Crippen molar-refractivity contribution in [1.82, 2.24) is 5.32 Å². The molecule has 0 saturated carbocycles. The second-order valence-corrected chi connectivity index (χ2v) is 2.11. The van der Waals surface area contributed by atoms with Crippen molar-refractivity contribution >= 4 is 0 Å². The molecule has 0 aromatic heterocycles. The molecule has 0 rings (SSSR count). The van der Waals surface area contributed by atoms with Crippen molar-refractivity contribution in [1.29, 1.82) is 0 Å². The van der Waals surface area contributed by atoms with E-state index in [1.54, 1.807) is 7.05 Å². The average Bonchev–Trinajstić information content (AvgIpc) is 1.87. The van der Waals surface area contributed by atoms with Gasteiger partial charge in [0.2, 0.25) is 0 Å². The number of nitrogens with one attached hydrogen (secondary N) is 1. The second kappa shape index (κ2) is 5.56. The average molecular weight is 153 g/mol. The van der Waals surface area contributed by atoms with Crippen LogP contribution in [0.4, 0.5) is 8.78 Å². The van der Waals surface area contributed by atoms with Gasteiger partial charge < -0.3 is 10.1 Å². The standard InChI is InChI=1S/C6H13F2NO/c1-5(9-2)3-4-10-6(7)8/h5-6,9H,3-4H2,1-2H3. The lowest BCUT2D eigenvalue weighted by atomic mass is 10.2. The first-order valence-corrected chi connectivity index (χ1v) is 3.24. The highest BCUT2D eigenvalue weighted by atomic mass is 19.3. The summed E-state index contributed by atoms with van der Waals surface area (Å²) in [6.45, 7) is -0.613. The quantitative estimate of drug-likeness (QED) is 0.641. The van der Waals surface area contributed by atoms with Gasteiger partial charge in [-0.25, -0.2) is 0 Å². The highest BCUT2D eigenvalue weighted by Crippen LogP contribution is 1.97. The van der Waals surface area contributed by atoms with E-state index >= 15 is 0 Å². The Hall–Kier alpha value is -0.220. The van der Waals surface area contributed by atoms with Gasteiger partial charge in [-0.1, -0.05) is 0 Å². The van der Waals surface area contributed by atoms with Gasteiger partial charge in [-0.15, -0.1) is 0 Å². The van der Waals surface area contributed by atoms with Gasteiger partial charge in [-0.05, 0) is 20.4 Å². The molecule has 4 heteroatoms. The Kier molecular flexibility index (Phi) is 5.43. The number of hydrogen-bond acceptors (Lipinski definition) is 2. The van der Waals surface area contributed by atoms with E-state index in [1.807, 2.05) is 6.92 Å². The first-order chi connectivity index (χ1) is 4.66. The topological polar surface area (TPSA) is 21.3 Å². The van der Waals surface area contributed by atoms with E-state index in [4.69, 9.17) is 0 Å². The summed E-state index contributed by atoms with van der Waals surface area (Å²) in [6, 6.07) is 0.235. The molecule has 0 aliphatic rings. The maximum Gasteiger partial charge on any atom is 0.345 e. The molecule has 0 aliphatic carbocycles. The number of hydrogen-bond donors (Lipinski definition) is 1. The summed E-state index contributed by atoms with van der Waals surface area (Å²) in [5, 5.41) is 2.91. The number of halogens is 2. The molecule has 0 aromatic carbocycles. The van der Waals surface area contributed by atoms with E-state index in [0.29, 0.717) is 6.42 Å². The van der Waals surface area contributed by atoms with Gasteiger partial charge in [-0.3, -0.25) is 0 Å². The van der Waals surface area contributed by atoms with Crippen LogP contribution in [0.5, 0.6) is 0 Å². The second-order valence-electron chi connectivity index (χ2n) is 2.11. The van der Waals surface area contributed by atoms with Crippen molar-refractivity contribution in [2.24, 2.45) is 0 Å². The maximum atomic E-state index is 11.3. The van der Waals surface area contributed by atoms with E-state index in [1.165, 1.54) is 0 Å². The van der Waals surface area contributed by atoms with Gasteiger partial charge in [0.15, 0.2) is 0 Å². The van der Waals surface area contributed by atoms with E-state index in [9.17, 15) is 8.78 Å². The van der Waals surface area contributed by atoms with Crippen molar-refractivity contribution in [3.8, 4) is 0 Å². The molecule has 0 saturated heterocycles. The van der Waals surface area contributed by atoms with Gasteiger partial charge in [-0.2, -0.15) is 8.78 Å². The predicted octanol–water partition coefficient (Wildman–Crippen LogP) is 1.22. The smallest absolute Gasteiger partial charge is 0.323 e. The maximum absolute atomic E-state index is 11.3. The number of alkyl halides is 2. The van der Waals surface area contributed by atoms with Gasteiger partial charge in [0, 0.05) is 6.04 Å². The minimum atomic E-state index is -2.64. The van der Waals surface area contributed by atoms with E-state index in [0.717, 1.165) is 0 Å². The summed E-state index contributed by atoms with van der Waals surface area (Å²) in [7, 11) is 1.78. The van der Waals surface area contributed by atoms with Gasteiger partial charge in [0.1, 0.15) is 0 Å². The Morgan fingerprint density at radius 3 is 2.50 bits per heavy atom. The molecule has 1 N–H and O–H groups in total. The molecule has 62 valence electrons. The van der Waals surface area contributed by atoms with Crippen LogP contribution in [0.3, 0.4) is 0 Å². The molecule has 2 nitrogen and oxygen atoms in total. The fourth-order valence-corrected chi connectivity index (χ4v) is 0.478. The summed E-state index contributed by atoms with van der Waals surface area (Å²) in [6.07, 6.45) is 0.612. The minimum Gasteiger partial charge on any atom is -0.323 e. The summed E-state index contributed by atoms with van der Waals surface area (Å²) in [5.74, 6) is 0. The Morgan fingerprint density at radius 2 is 2.10 bits per heavy atom. The Bertz CT molecular complexity index is 80.1. The monoisotopic (exact) mass is 153 g/mol. The van der Waals surface area contributed by atoms with Crippen molar-refractivity contribution in [2.75, 3.05) is 13.7 Å². The van der Waals surface area contributed by atoms with Crippen LogP contribution in [0.1, 0.15) is 13.3 Å². The fraction of sp³-hybridized carbons (Fsp3) is 1.00. The first-order valence-electron chi connectivity index (χ1n) is 3.24. The summed E-state index contributed by atoms with van der Waals surface area (Å²) < 4.78 is 26.7. The Balaban J connectivity index is 3.03. The molecule has 10 heavy (non-hydrogen) atoms. The first kappa shape index (κ1) is 9.78. The zero-order valence-corrected chi connectivity index (χ0v) is 6.23. The molecule has 0 fully saturated rings. The number of ether oxygens (including phenoxy) is 1. The summed E-state index contributed by atoms with van der Waals surface area (Å²) in [4.78, 5) is 0. The lowest BCUT2D eigenvalue weighted by Gasteiger charge is -2.08. The molecule has 0 amide bonds. The van der Waals surface area contributed by atoms with E-state index in [2.05, 4.69) is 10.1 Å². The van der Waals surface area contributed by atoms with Crippen molar-refractivity contribution in [3.63, 3.8) is 0 Å². The van der Waals surface area contributed by atoms with Crippen molar-refractivity contribution in [3.05, 3.63) is 0 Å². The molecule has 0 heterocycles. The molecular weight excluding hydrogens is 140 g/mol. The molecule has 0 aromatic rings. The SMILES string of the molecule is CNC(C)CCOC(F)F. The third kappa shape index (κ3) is 5.91. The zero-order valence-electron chi connectivity index (χ0n) is 6.23. The Morgan fingerprint density at radius 1 is 1.50 bits per heavy atom. The van der Waals surface area contributed by atoms with Crippen LogP contribution in [0, 0.1) is 0 Å². The van der Waals surface area contributed by atoms with Crippen LogP contribution in [0.25, 0.3) is 0 Å². The van der Waals surface area contributed by atoms with Crippen molar-refractivity contribution < 1.29 is 13.5 Å². The van der Waals surface area contributed by atoms with Crippen molar-refractivity contribution in [2.45, 2.75) is 26.0 Å². The molecule has 0 radical (unpaired) electrons. The van der Waals surface area contributed by atoms with Crippen LogP contribution >= 0.6 is 0 Å².